The zero-order chi connectivity index (χ0) is 27.9. The highest BCUT2D eigenvalue weighted by Crippen LogP contribution is 2.68. The number of carboxylic acids is 1. The first-order valence-electron chi connectivity index (χ1n) is 13.4. The molecule has 0 aromatic heterocycles. The zero-order valence-corrected chi connectivity index (χ0v) is 22.8. The van der Waals surface area contributed by atoms with Crippen molar-refractivity contribution in [1.82, 2.24) is 0 Å². The number of ether oxygens (including phenoxy) is 2. The largest absolute Gasteiger partial charge is 0.497 e. The van der Waals surface area contributed by atoms with Gasteiger partial charge in [0.15, 0.2) is 0 Å². The summed E-state index contributed by atoms with van der Waals surface area (Å²) in [7, 11) is 1.58. The fourth-order valence-electron chi connectivity index (χ4n) is 6.32. The number of rotatable bonds is 9. The number of halogens is 1. The summed E-state index contributed by atoms with van der Waals surface area (Å²) < 4.78 is 26.7. The number of aliphatic hydroxyl groups excluding tert-OH is 1. The fourth-order valence-corrected chi connectivity index (χ4v) is 6.32. The van der Waals surface area contributed by atoms with Crippen LogP contribution in [0.15, 0.2) is 66.7 Å². The second-order valence-electron chi connectivity index (χ2n) is 11.5. The summed E-state index contributed by atoms with van der Waals surface area (Å²) in [4.78, 5) is 11.0. The highest BCUT2D eigenvalue weighted by molar-refractivity contribution is 5.86. The minimum Gasteiger partial charge on any atom is -0.497 e. The number of carboxylic acid groups (broad SMARTS) is 1. The van der Waals surface area contributed by atoms with Crippen LogP contribution in [-0.4, -0.2) is 23.3 Å². The van der Waals surface area contributed by atoms with Crippen molar-refractivity contribution in [2.24, 2.45) is 16.7 Å². The molecule has 3 aromatic rings. The number of allylic oxidation sites excluding steroid dienone is 2. The third-order valence-electron chi connectivity index (χ3n) is 9.12. The predicted octanol–water partition coefficient (Wildman–Crippen LogP) is 7.43. The van der Waals surface area contributed by atoms with Gasteiger partial charge in [-0.25, -0.2) is 4.39 Å². The van der Waals surface area contributed by atoms with E-state index in [1.807, 2.05) is 12.1 Å². The summed E-state index contributed by atoms with van der Waals surface area (Å²) >= 11 is 0. The standard InChI is InChI=1S/C33H35FO5/c1-32(2)22-12-13-33(32,3)28(16-22)26-14-20(8-10-25(26)27-17-23(38-4)9-11-29(27)34)19-39-24-7-5-6-21(15-24)30(35)18-31(36)37/h5-11,14-17,22,30,35H,12-13,18-19H2,1-4H3,(H,36,37)/t22-,30-,33+/m1/s1. The molecule has 204 valence electrons. The molecular formula is C33H35FO5. The van der Waals surface area contributed by atoms with Gasteiger partial charge in [-0.2, -0.15) is 0 Å². The number of aliphatic carboxylic acids is 1. The van der Waals surface area contributed by atoms with E-state index in [4.69, 9.17) is 14.6 Å². The molecule has 39 heavy (non-hydrogen) atoms. The first-order chi connectivity index (χ1) is 18.5. The average Bonchev–Trinajstić information content (AvgIpc) is 3.26. The zero-order valence-electron chi connectivity index (χ0n) is 22.8. The molecule has 0 aliphatic heterocycles. The van der Waals surface area contributed by atoms with Gasteiger partial charge in [0.05, 0.1) is 19.6 Å². The second kappa shape index (κ2) is 10.2. The first kappa shape index (κ1) is 26.9. The van der Waals surface area contributed by atoms with E-state index in [-0.39, 0.29) is 29.7 Å². The van der Waals surface area contributed by atoms with Crippen LogP contribution in [0.5, 0.6) is 11.5 Å². The van der Waals surface area contributed by atoms with E-state index in [9.17, 15) is 9.90 Å². The Balaban J connectivity index is 1.51. The summed E-state index contributed by atoms with van der Waals surface area (Å²) in [6.07, 6.45) is 3.15. The van der Waals surface area contributed by atoms with Crippen molar-refractivity contribution < 1.29 is 28.9 Å². The van der Waals surface area contributed by atoms with Crippen LogP contribution in [0.25, 0.3) is 16.7 Å². The predicted molar refractivity (Wildman–Crippen MR) is 149 cm³/mol. The summed E-state index contributed by atoms with van der Waals surface area (Å²) in [5, 5.41) is 19.2. The summed E-state index contributed by atoms with van der Waals surface area (Å²) in [5.74, 6) is 0.240. The number of hydrogen-bond donors (Lipinski definition) is 2. The van der Waals surface area contributed by atoms with Crippen LogP contribution in [0.1, 0.15) is 62.8 Å². The van der Waals surface area contributed by atoms with Crippen molar-refractivity contribution in [3.05, 3.63) is 89.2 Å². The Morgan fingerprint density at radius 2 is 1.82 bits per heavy atom. The number of carbonyl (C=O) groups is 1. The van der Waals surface area contributed by atoms with Crippen LogP contribution in [0.2, 0.25) is 0 Å². The molecule has 0 saturated heterocycles. The van der Waals surface area contributed by atoms with Crippen LogP contribution in [0, 0.1) is 22.6 Å². The molecule has 0 spiro atoms. The summed E-state index contributed by atoms with van der Waals surface area (Å²) in [5.41, 5.74) is 5.08. The maximum atomic E-state index is 15.2. The monoisotopic (exact) mass is 530 g/mol. The molecule has 5 rings (SSSR count). The Bertz CT molecular complexity index is 1440. The van der Waals surface area contributed by atoms with Gasteiger partial charge >= 0.3 is 5.97 Å². The molecule has 5 nitrogen and oxygen atoms in total. The fraction of sp³-hybridized carbons (Fsp3) is 0.364. The van der Waals surface area contributed by atoms with Gasteiger partial charge in [0.2, 0.25) is 0 Å². The second-order valence-corrected chi connectivity index (χ2v) is 11.5. The Morgan fingerprint density at radius 3 is 2.49 bits per heavy atom. The topological polar surface area (TPSA) is 76.0 Å². The molecule has 3 aromatic carbocycles. The molecular weight excluding hydrogens is 495 g/mol. The van der Waals surface area contributed by atoms with Crippen molar-refractivity contribution in [2.75, 3.05) is 7.11 Å². The van der Waals surface area contributed by atoms with Gasteiger partial charge in [0.1, 0.15) is 23.9 Å². The van der Waals surface area contributed by atoms with E-state index >= 15 is 4.39 Å². The van der Waals surface area contributed by atoms with Crippen molar-refractivity contribution in [1.29, 1.82) is 0 Å². The minimum absolute atomic E-state index is 0.0319. The Kier molecular flexibility index (Phi) is 7.02. The molecule has 0 radical (unpaired) electrons. The smallest absolute Gasteiger partial charge is 0.306 e. The molecule has 0 heterocycles. The number of aliphatic hydroxyl groups is 1. The third-order valence-corrected chi connectivity index (χ3v) is 9.12. The Morgan fingerprint density at radius 1 is 1.03 bits per heavy atom. The van der Waals surface area contributed by atoms with Gasteiger partial charge in [0, 0.05) is 5.56 Å². The minimum atomic E-state index is -1.11. The normalized spacial score (nSPS) is 21.9. The van der Waals surface area contributed by atoms with Crippen LogP contribution in [-0.2, 0) is 11.4 Å². The van der Waals surface area contributed by atoms with Crippen LogP contribution < -0.4 is 9.47 Å². The van der Waals surface area contributed by atoms with Gasteiger partial charge in [-0.1, -0.05) is 51.1 Å². The number of methoxy groups -OCH3 is 1. The van der Waals surface area contributed by atoms with Crippen LogP contribution in [0.3, 0.4) is 0 Å². The Hall–Kier alpha value is -3.64. The van der Waals surface area contributed by atoms with Crippen molar-refractivity contribution >= 4 is 11.5 Å². The molecule has 1 saturated carbocycles. The quantitative estimate of drug-likeness (QED) is 0.301. The molecule has 0 unspecified atom stereocenters. The lowest BCUT2D eigenvalue weighted by Crippen LogP contribution is -2.29. The van der Waals surface area contributed by atoms with Crippen molar-refractivity contribution in [3.8, 4) is 22.6 Å². The first-order valence-corrected chi connectivity index (χ1v) is 13.4. The lowest BCUT2D eigenvalue weighted by Gasteiger charge is -2.38. The number of hydrogen-bond acceptors (Lipinski definition) is 4. The number of fused-ring (bicyclic) bond motifs is 2. The van der Waals surface area contributed by atoms with Gasteiger partial charge < -0.3 is 19.7 Å². The molecule has 6 heteroatoms. The van der Waals surface area contributed by atoms with Crippen molar-refractivity contribution in [3.63, 3.8) is 0 Å². The van der Waals surface area contributed by atoms with E-state index in [1.54, 1.807) is 43.5 Å². The lowest BCUT2D eigenvalue weighted by molar-refractivity contribution is -0.139. The maximum Gasteiger partial charge on any atom is 0.306 e. The SMILES string of the molecule is COc1ccc(F)c(-c2ccc(COc3cccc([C@H](O)CC(=O)O)c3)cc2C2=C[C@H]3CC[C@]2(C)C3(C)C)c1. The van der Waals surface area contributed by atoms with E-state index in [0.717, 1.165) is 29.5 Å². The molecule has 3 atom stereocenters. The average molecular weight is 531 g/mol. The van der Waals surface area contributed by atoms with Gasteiger partial charge in [0.25, 0.3) is 0 Å². The molecule has 2 N–H and O–H groups in total. The van der Waals surface area contributed by atoms with E-state index in [0.29, 0.717) is 28.5 Å². The molecule has 2 aliphatic carbocycles. The molecule has 2 aliphatic rings. The van der Waals surface area contributed by atoms with Crippen molar-refractivity contribution in [2.45, 2.75) is 52.7 Å². The van der Waals surface area contributed by atoms with Gasteiger partial charge in [-0.05, 0) is 93.8 Å². The Labute approximate surface area is 228 Å². The van der Waals surface area contributed by atoms with Crippen LogP contribution >= 0.6 is 0 Å². The van der Waals surface area contributed by atoms with E-state index in [1.165, 1.54) is 11.6 Å². The molecule has 1 fully saturated rings. The lowest BCUT2D eigenvalue weighted by atomic mass is 9.65. The summed E-state index contributed by atoms with van der Waals surface area (Å²) in [6.45, 7) is 7.26. The van der Waals surface area contributed by atoms with Gasteiger partial charge in [-0.3, -0.25) is 4.79 Å². The van der Waals surface area contributed by atoms with Crippen LogP contribution in [0.4, 0.5) is 4.39 Å². The third kappa shape index (κ3) is 4.82. The molecule has 0 amide bonds. The molecule has 2 bridgehead atoms. The van der Waals surface area contributed by atoms with E-state index in [2.05, 4.69) is 32.9 Å². The highest BCUT2D eigenvalue weighted by Gasteiger charge is 2.57. The highest BCUT2D eigenvalue weighted by atomic mass is 19.1. The van der Waals surface area contributed by atoms with E-state index < -0.39 is 12.1 Å². The maximum absolute atomic E-state index is 15.2. The van der Waals surface area contributed by atoms with Gasteiger partial charge in [-0.15, -0.1) is 0 Å². The number of benzene rings is 3. The summed E-state index contributed by atoms with van der Waals surface area (Å²) in [6, 6.07) is 17.7.